The molecule has 4 heteroatoms. The fourth-order valence-electron chi connectivity index (χ4n) is 2.56. The Morgan fingerprint density at radius 1 is 1.22 bits per heavy atom. The Labute approximate surface area is 123 Å². The molecule has 102 valence electrons. The number of aromatic amines is 1. The quantitative estimate of drug-likeness (QED) is 0.780. The summed E-state index contributed by atoms with van der Waals surface area (Å²) >= 11 is -2.82. The molecule has 2 rings (SSSR count). The minimum atomic E-state index is -2.82. The van der Waals surface area contributed by atoms with Crippen LogP contribution in [0.4, 0.5) is 0 Å². The third-order valence-electron chi connectivity index (χ3n) is 4.64. The Kier molecular flexibility index (Phi) is 5.90. The second-order valence-electron chi connectivity index (χ2n) is 5.78. The summed E-state index contributed by atoms with van der Waals surface area (Å²) in [6.07, 6.45) is 10.0. The Bertz CT molecular complexity index is 526. The third kappa shape index (κ3) is 2.47. The zero-order chi connectivity index (χ0) is 11.8. The van der Waals surface area contributed by atoms with Gasteiger partial charge in [-0.05, 0) is 0 Å². The summed E-state index contributed by atoms with van der Waals surface area (Å²) in [6, 6.07) is 4.39. The monoisotopic (exact) mass is 323 g/mol. The first-order valence-electron chi connectivity index (χ1n) is 5.96. The second kappa shape index (κ2) is 5.92. The van der Waals surface area contributed by atoms with Gasteiger partial charge in [0.2, 0.25) is 0 Å². The minimum absolute atomic E-state index is 0. The van der Waals surface area contributed by atoms with E-state index in [0.29, 0.717) is 0 Å². The molecule has 0 spiro atoms. The van der Waals surface area contributed by atoms with Crippen molar-refractivity contribution in [3.05, 3.63) is 40.4 Å². The SMILES string of the molecule is C[C](C)=[Ti]([CH3])([CH3])([C]1=CC=CC1)[c]1ccc[nH]1.Cl.Cl. The number of hydrogen-bond acceptors (Lipinski definition) is 0. The van der Waals surface area contributed by atoms with Gasteiger partial charge in [0.05, 0.1) is 0 Å². The molecular formula is C14H23Cl2NTi. The number of halogens is 2. The van der Waals surface area contributed by atoms with Crippen LogP contribution in [0.3, 0.4) is 0 Å². The van der Waals surface area contributed by atoms with Crippen molar-refractivity contribution in [2.75, 3.05) is 0 Å². The van der Waals surface area contributed by atoms with Crippen LogP contribution >= 0.6 is 24.8 Å². The van der Waals surface area contributed by atoms with E-state index in [1.54, 1.807) is 7.69 Å². The van der Waals surface area contributed by atoms with Crippen molar-refractivity contribution in [1.29, 1.82) is 0 Å². The molecule has 0 atom stereocenters. The van der Waals surface area contributed by atoms with Crippen molar-refractivity contribution in [2.45, 2.75) is 30.7 Å². The molecule has 1 aliphatic carbocycles. The molecule has 1 nitrogen and oxygen atoms in total. The standard InChI is InChI=1S/C5H5.C4H4N.C3H6.2CH3.2ClH.Ti/c2*1-2-4-5-3-1;1-3-2;;;;;/h1-3H,4H2;1-3,5H;1-2H3;2*1H3;2*1H;. The van der Waals surface area contributed by atoms with E-state index in [1.165, 1.54) is 4.00 Å². The first-order chi connectivity index (χ1) is 7.46. The maximum atomic E-state index is 3.47. The molecule has 0 unspecified atom stereocenters. The molecule has 1 aromatic heterocycles. The van der Waals surface area contributed by atoms with Gasteiger partial charge in [-0.3, -0.25) is 0 Å². The van der Waals surface area contributed by atoms with Crippen LogP contribution in [0.15, 0.2) is 40.4 Å². The van der Waals surface area contributed by atoms with E-state index in [0.717, 1.165) is 6.42 Å². The molecule has 1 N–H and O–H groups in total. The number of aromatic nitrogens is 1. The Morgan fingerprint density at radius 2 is 1.89 bits per heavy atom. The van der Waals surface area contributed by atoms with Crippen molar-refractivity contribution in [3.63, 3.8) is 0 Å². The van der Waals surface area contributed by atoms with E-state index in [1.807, 2.05) is 0 Å². The zero-order valence-corrected chi connectivity index (χ0v) is 14.7. The van der Waals surface area contributed by atoms with Gasteiger partial charge in [-0.2, -0.15) is 0 Å². The minimum Gasteiger partial charge on any atom is -0.147 e. The van der Waals surface area contributed by atoms with Gasteiger partial charge in [-0.15, -0.1) is 24.8 Å². The number of nitrogens with one attached hydrogen (secondary N) is 1. The van der Waals surface area contributed by atoms with Gasteiger partial charge in [0.15, 0.2) is 0 Å². The van der Waals surface area contributed by atoms with Crippen LogP contribution in [0.1, 0.15) is 20.3 Å². The molecule has 0 amide bonds. The third-order valence-corrected chi connectivity index (χ3v) is 15.9. The first kappa shape index (κ1) is 17.9. The average Bonchev–Trinajstić information content (AvgIpc) is 2.92. The molecule has 0 saturated heterocycles. The van der Waals surface area contributed by atoms with E-state index < -0.39 is 14.8 Å². The van der Waals surface area contributed by atoms with Gasteiger partial charge in [0.25, 0.3) is 0 Å². The van der Waals surface area contributed by atoms with Crippen molar-refractivity contribution in [1.82, 2.24) is 4.98 Å². The molecule has 0 radical (unpaired) electrons. The number of H-pyrrole nitrogens is 1. The average molecular weight is 324 g/mol. The van der Waals surface area contributed by atoms with E-state index >= 15 is 0 Å². The fourth-order valence-corrected chi connectivity index (χ4v) is 8.76. The van der Waals surface area contributed by atoms with Crippen LogP contribution in [0, 0.1) is 0 Å². The van der Waals surface area contributed by atoms with Crippen molar-refractivity contribution in [3.8, 4) is 0 Å². The molecule has 0 bridgehead atoms. The molecule has 1 heterocycles. The molecule has 0 aromatic carbocycles. The summed E-state index contributed by atoms with van der Waals surface area (Å²) in [5, 5.41) is 5.02. The largest absolute Gasteiger partial charge is 0.147 e. The van der Waals surface area contributed by atoms with Crippen LogP contribution < -0.4 is 4.00 Å². The molecular weight excluding hydrogens is 301 g/mol. The number of rotatable bonds is 2. The van der Waals surface area contributed by atoms with Crippen LogP contribution in [0.25, 0.3) is 0 Å². The zero-order valence-electron chi connectivity index (χ0n) is 11.5. The van der Waals surface area contributed by atoms with Crippen LogP contribution in [-0.2, 0) is 14.8 Å². The predicted octanol–water partition coefficient (Wildman–Crippen LogP) is 4.33. The van der Waals surface area contributed by atoms with Gasteiger partial charge >= 0.3 is 98.8 Å². The molecule has 0 saturated carbocycles. The molecule has 0 aliphatic heterocycles. The summed E-state index contributed by atoms with van der Waals surface area (Å²) < 4.78 is 4.72. The van der Waals surface area contributed by atoms with Crippen LogP contribution in [0.5, 0.6) is 0 Å². The van der Waals surface area contributed by atoms with E-state index in [2.05, 4.69) is 65.8 Å². The molecule has 18 heavy (non-hydrogen) atoms. The fraction of sp³-hybridized carbons (Fsp3) is 0.357. The smallest absolute Gasteiger partial charge is 0.147 e. The second-order valence-corrected chi connectivity index (χ2v) is 16.6. The van der Waals surface area contributed by atoms with Crippen molar-refractivity contribution < 1.29 is 14.8 Å². The Balaban J connectivity index is 0.00000144. The van der Waals surface area contributed by atoms with Gasteiger partial charge in [-0.25, -0.2) is 0 Å². The molecule has 1 aromatic rings. The van der Waals surface area contributed by atoms with E-state index in [9.17, 15) is 0 Å². The topological polar surface area (TPSA) is 15.8 Å². The summed E-state index contributed by atoms with van der Waals surface area (Å²) in [5.41, 5.74) is 0. The van der Waals surface area contributed by atoms with Gasteiger partial charge in [0.1, 0.15) is 0 Å². The van der Waals surface area contributed by atoms with E-state index in [4.69, 9.17) is 0 Å². The van der Waals surface area contributed by atoms with Crippen molar-refractivity contribution >= 4 is 32.6 Å². The maximum absolute atomic E-state index is 3.47. The van der Waals surface area contributed by atoms with Gasteiger partial charge in [-0.1, -0.05) is 0 Å². The Morgan fingerprint density at radius 3 is 2.28 bits per heavy atom. The maximum Gasteiger partial charge on any atom is -0.147 e. The van der Waals surface area contributed by atoms with Crippen LogP contribution in [0.2, 0.25) is 10.5 Å². The Hall–Kier alpha value is -0.0757. The summed E-state index contributed by atoms with van der Waals surface area (Å²) in [6.45, 7) is 4.61. The summed E-state index contributed by atoms with van der Waals surface area (Å²) in [4.78, 5) is 3.47. The first-order valence-corrected chi connectivity index (χ1v) is 11.4. The van der Waals surface area contributed by atoms with E-state index in [-0.39, 0.29) is 24.8 Å². The van der Waals surface area contributed by atoms with Crippen molar-refractivity contribution in [2.24, 2.45) is 0 Å². The number of allylic oxidation sites excluding steroid dienone is 4. The predicted molar refractivity (Wildman–Crippen MR) is 84.8 cm³/mol. The molecule has 0 fully saturated rings. The number of hydrogen-bond donors (Lipinski definition) is 1. The summed E-state index contributed by atoms with van der Waals surface area (Å²) in [7, 11) is 0. The summed E-state index contributed by atoms with van der Waals surface area (Å²) in [5.74, 6) is 0. The van der Waals surface area contributed by atoms with Gasteiger partial charge < -0.3 is 0 Å². The molecule has 1 aliphatic rings. The van der Waals surface area contributed by atoms with Gasteiger partial charge in [0, 0.05) is 0 Å². The normalized spacial score (nSPS) is 14.6. The van der Waals surface area contributed by atoms with Crippen LogP contribution in [-0.4, -0.2) is 8.80 Å².